The van der Waals surface area contributed by atoms with Gasteiger partial charge in [-0.25, -0.2) is 4.98 Å². The second-order valence-corrected chi connectivity index (χ2v) is 6.14. The fourth-order valence-electron chi connectivity index (χ4n) is 2.57. The number of hydrogen-bond acceptors (Lipinski definition) is 4. The molecule has 1 atom stereocenters. The Kier molecular flexibility index (Phi) is 4.98. The number of ether oxygens (including phenoxy) is 1. The van der Waals surface area contributed by atoms with Crippen molar-refractivity contribution in [1.29, 1.82) is 0 Å². The molecule has 1 aromatic heterocycles. The summed E-state index contributed by atoms with van der Waals surface area (Å²) in [6, 6.07) is 4.89. The van der Waals surface area contributed by atoms with Crippen molar-refractivity contribution < 1.29 is 9.53 Å². The molecule has 1 aromatic carbocycles. The van der Waals surface area contributed by atoms with Crippen molar-refractivity contribution >= 4 is 29.1 Å². The Labute approximate surface area is 144 Å². The van der Waals surface area contributed by atoms with Crippen molar-refractivity contribution in [2.24, 2.45) is 0 Å². The third-order valence-electron chi connectivity index (χ3n) is 3.65. The summed E-state index contributed by atoms with van der Waals surface area (Å²) >= 11 is 12.0. The number of amides is 1. The Balaban J connectivity index is 1.69. The van der Waals surface area contributed by atoms with Crippen LogP contribution in [0.3, 0.4) is 0 Å². The van der Waals surface area contributed by atoms with Crippen LogP contribution >= 0.6 is 23.2 Å². The molecule has 1 saturated heterocycles. The highest BCUT2D eigenvalue weighted by atomic mass is 35.5. The lowest BCUT2D eigenvalue weighted by atomic mass is 10.1. The lowest BCUT2D eigenvalue weighted by Crippen LogP contribution is -2.44. The molecule has 5 nitrogen and oxygen atoms in total. The van der Waals surface area contributed by atoms with Crippen molar-refractivity contribution in [3.05, 3.63) is 52.4 Å². The molecule has 1 fully saturated rings. The van der Waals surface area contributed by atoms with Crippen LogP contribution in [0.25, 0.3) is 0 Å². The van der Waals surface area contributed by atoms with E-state index in [1.807, 2.05) is 0 Å². The number of rotatable bonds is 3. The molecule has 0 aliphatic carbocycles. The largest absolute Gasteiger partial charge is 0.471 e. The maximum Gasteiger partial charge on any atom is 0.255 e. The highest BCUT2D eigenvalue weighted by Gasteiger charge is 2.27. The van der Waals surface area contributed by atoms with Crippen LogP contribution in [0.15, 0.2) is 36.8 Å². The first-order valence-electron chi connectivity index (χ1n) is 7.30. The lowest BCUT2D eigenvalue weighted by molar-refractivity contribution is 0.0527. The second-order valence-electron chi connectivity index (χ2n) is 5.30. The second kappa shape index (κ2) is 7.15. The average molecular weight is 352 g/mol. The van der Waals surface area contributed by atoms with E-state index in [1.54, 1.807) is 41.7 Å². The van der Waals surface area contributed by atoms with Crippen LogP contribution in [0.1, 0.15) is 23.2 Å². The van der Waals surface area contributed by atoms with Crippen LogP contribution < -0.4 is 4.74 Å². The van der Waals surface area contributed by atoms with Gasteiger partial charge in [-0.1, -0.05) is 23.2 Å². The monoisotopic (exact) mass is 351 g/mol. The molecule has 1 aliphatic rings. The van der Waals surface area contributed by atoms with Gasteiger partial charge in [0.15, 0.2) is 0 Å². The Morgan fingerprint density at radius 3 is 2.91 bits per heavy atom. The highest BCUT2D eigenvalue weighted by Crippen LogP contribution is 2.24. The summed E-state index contributed by atoms with van der Waals surface area (Å²) in [5.41, 5.74) is 0.455. The van der Waals surface area contributed by atoms with E-state index in [1.165, 1.54) is 0 Å². The quantitative estimate of drug-likeness (QED) is 0.849. The van der Waals surface area contributed by atoms with Gasteiger partial charge in [-0.3, -0.25) is 9.78 Å². The molecule has 0 N–H and O–H groups in total. The number of nitrogens with zero attached hydrogens (tertiary/aromatic N) is 3. The Bertz CT molecular complexity index is 697. The fourth-order valence-corrected chi connectivity index (χ4v) is 3.06. The summed E-state index contributed by atoms with van der Waals surface area (Å²) in [5, 5.41) is 0.869. The zero-order valence-electron chi connectivity index (χ0n) is 12.3. The number of halogens is 2. The zero-order chi connectivity index (χ0) is 16.2. The van der Waals surface area contributed by atoms with Gasteiger partial charge in [-0.2, -0.15) is 0 Å². The summed E-state index contributed by atoms with van der Waals surface area (Å²) in [6.45, 7) is 1.17. The first-order valence-corrected chi connectivity index (χ1v) is 8.06. The van der Waals surface area contributed by atoms with E-state index in [4.69, 9.17) is 27.9 Å². The van der Waals surface area contributed by atoms with Crippen molar-refractivity contribution in [3.8, 4) is 5.88 Å². The molecule has 3 rings (SSSR count). The van der Waals surface area contributed by atoms with Gasteiger partial charge >= 0.3 is 0 Å². The van der Waals surface area contributed by atoms with Crippen molar-refractivity contribution in [3.63, 3.8) is 0 Å². The normalized spacial score (nSPS) is 17.8. The number of likely N-dealkylation sites (tertiary alicyclic amines) is 1. The van der Waals surface area contributed by atoms with Crippen molar-refractivity contribution in [2.45, 2.75) is 18.9 Å². The topological polar surface area (TPSA) is 55.3 Å². The van der Waals surface area contributed by atoms with Crippen LogP contribution in [0, 0.1) is 0 Å². The van der Waals surface area contributed by atoms with Crippen molar-refractivity contribution in [1.82, 2.24) is 14.9 Å². The number of benzene rings is 1. The van der Waals surface area contributed by atoms with Gasteiger partial charge < -0.3 is 9.64 Å². The predicted octanol–water partition coefficient (Wildman–Crippen LogP) is 3.47. The minimum Gasteiger partial charge on any atom is -0.471 e. The molecule has 0 spiro atoms. The van der Waals surface area contributed by atoms with Gasteiger partial charge in [-0.15, -0.1) is 0 Å². The molecule has 0 radical (unpaired) electrons. The number of piperidine rings is 1. The minimum atomic E-state index is -0.112. The van der Waals surface area contributed by atoms with Gasteiger partial charge in [0.1, 0.15) is 6.10 Å². The van der Waals surface area contributed by atoms with E-state index in [-0.39, 0.29) is 12.0 Å². The number of hydrogen-bond donors (Lipinski definition) is 0. The molecule has 120 valence electrons. The molecule has 2 aromatic rings. The summed E-state index contributed by atoms with van der Waals surface area (Å²) in [4.78, 5) is 22.5. The first kappa shape index (κ1) is 16.0. The Morgan fingerprint density at radius 2 is 2.17 bits per heavy atom. The van der Waals surface area contributed by atoms with E-state index >= 15 is 0 Å². The fraction of sp³-hybridized carbons (Fsp3) is 0.312. The van der Waals surface area contributed by atoms with Crippen LogP contribution in [-0.2, 0) is 0 Å². The van der Waals surface area contributed by atoms with E-state index in [9.17, 15) is 4.79 Å². The predicted molar refractivity (Wildman–Crippen MR) is 88.0 cm³/mol. The van der Waals surface area contributed by atoms with Gasteiger partial charge in [0.05, 0.1) is 23.3 Å². The molecule has 1 amide bonds. The SMILES string of the molecule is O=C(c1ccc(Cl)cc1Cl)N1CCCC(Oc2cnccn2)C1. The summed E-state index contributed by atoms with van der Waals surface area (Å²) in [7, 11) is 0. The van der Waals surface area contributed by atoms with Crippen LogP contribution in [0.2, 0.25) is 10.0 Å². The van der Waals surface area contributed by atoms with Gasteiger partial charge in [0, 0.05) is 24.0 Å². The maximum atomic E-state index is 12.6. The minimum absolute atomic E-state index is 0.101. The molecule has 2 heterocycles. The molecule has 0 bridgehead atoms. The van der Waals surface area contributed by atoms with Crippen LogP contribution in [0.4, 0.5) is 0 Å². The maximum absolute atomic E-state index is 12.6. The third kappa shape index (κ3) is 3.92. The van der Waals surface area contributed by atoms with Crippen LogP contribution in [-0.4, -0.2) is 40.0 Å². The van der Waals surface area contributed by atoms with Gasteiger partial charge in [-0.05, 0) is 31.0 Å². The van der Waals surface area contributed by atoms with Gasteiger partial charge in [0.2, 0.25) is 5.88 Å². The first-order chi connectivity index (χ1) is 11.1. The van der Waals surface area contributed by atoms with E-state index in [0.29, 0.717) is 34.6 Å². The number of aromatic nitrogens is 2. The number of carbonyl (C=O) groups excluding carboxylic acids is 1. The summed E-state index contributed by atoms with van der Waals surface area (Å²) < 4.78 is 5.80. The number of carbonyl (C=O) groups is 1. The molecule has 0 saturated carbocycles. The molecular weight excluding hydrogens is 337 g/mol. The highest BCUT2D eigenvalue weighted by molar-refractivity contribution is 6.36. The Hall–Kier alpha value is -1.85. The third-order valence-corrected chi connectivity index (χ3v) is 4.20. The van der Waals surface area contributed by atoms with E-state index in [2.05, 4.69) is 9.97 Å². The van der Waals surface area contributed by atoms with E-state index in [0.717, 1.165) is 12.8 Å². The lowest BCUT2D eigenvalue weighted by Gasteiger charge is -2.32. The van der Waals surface area contributed by atoms with E-state index < -0.39 is 0 Å². The molecule has 1 unspecified atom stereocenters. The average Bonchev–Trinajstić information content (AvgIpc) is 2.55. The molecule has 1 aliphatic heterocycles. The standard InChI is InChI=1S/C16H15Cl2N3O2/c17-11-3-4-13(14(18)8-11)16(22)21-7-1-2-12(10-21)23-15-9-19-5-6-20-15/h3-6,8-9,12H,1-2,7,10H2. The summed E-state index contributed by atoms with van der Waals surface area (Å²) in [5.74, 6) is 0.357. The smallest absolute Gasteiger partial charge is 0.255 e. The van der Waals surface area contributed by atoms with Crippen LogP contribution in [0.5, 0.6) is 5.88 Å². The Morgan fingerprint density at radius 1 is 1.30 bits per heavy atom. The van der Waals surface area contributed by atoms with Crippen molar-refractivity contribution in [2.75, 3.05) is 13.1 Å². The zero-order valence-corrected chi connectivity index (χ0v) is 13.8. The van der Waals surface area contributed by atoms with Gasteiger partial charge in [0.25, 0.3) is 5.91 Å². The summed E-state index contributed by atoms with van der Waals surface area (Å²) in [6.07, 6.45) is 6.36. The molecule has 7 heteroatoms. The molecular formula is C16H15Cl2N3O2. The molecule has 23 heavy (non-hydrogen) atoms.